The van der Waals surface area contributed by atoms with Crippen molar-refractivity contribution in [2.45, 2.75) is 78.6 Å². The normalized spacial score (nSPS) is 18.3. The number of hydroxylamine groups is 2. The quantitative estimate of drug-likeness (QED) is 0.599. The lowest BCUT2D eigenvalue weighted by molar-refractivity contribution is -0.447. The molecular formula is C19H29NO3. The number of nitrogens with zero attached hydrogens (tertiary/aromatic N) is 1. The molecule has 1 aliphatic carbocycles. The van der Waals surface area contributed by atoms with Crippen molar-refractivity contribution in [3.8, 4) is 0 Å². The third-order valence-corrected chi connectivity index (χ3v) is 3.58. The number of benzene rings is 1. The summed E-state index contributed by atoms with van der Waals surface area (Å²) in [7, 11) is 0. The van der Waals surface area contributed by atoms with Crippen LogP contribution in [0.15, 0.2) is 18.2 Å². The Morgan fingerprint density at radius 1 is 1.09 bits per heavy atom. The summed E-state index contributed by atoms with van der Waals surface area (Å²) in [5.41, 5.74) is 2.48. The van der Waals surface area contributed by atoms with Crippen LogP contribution < -0.4 is 0 Å². The highest BCUT2D eigenvalue weighted by molar-refractivity contribution is 5.94. The van der Waals surface area contributed by atoms with E-state index in [1.165, 1.54) is 11.1 Å². The molecule has 4 heteroatoms. The fourth-order valence-electron chi connectivity index (χ4n) is 2.72. The number of fused-ring (bicyclic) bond motifs is 1. The molecule has 0 amide bonds. The van der Waals surface area contributed by atoms with Crippen molar-refractivity contribution in [2.75, 3.05) is 0 Å². The van der Waals surface area contributed by atoms with E-state index in [9.17, 15) is 4.79 Å². The minimum Gasteiger partial charge on any atom is -0.295 e. The van der Waals surface area contributed by atoms with Crippen LogP contribution >= 0.6 is 0 Å². The van der Waals surface area contributed by atoms with Gasteiger partial charge in [-0.2, -0.15) is 0 Å². The molecule has 0 saturated heterocycles. The minimum absolute atomic E-state index is 0.0458. The maximum atomic E-state index is 11.6. The number of ketones is 1. The van der Waals surface area contributed by atoms with Crippen molar-refractivity contribution in [1.82, 2.24) is 5.23 Å². The molecule has 0 saturated carbocycles. The van der Waals surface area contributed by atoms with Crippen LogP contribution in [0.25, 0.3) is 0 Å². The van der Waals surface area contributed by atoms with E-state index in [1.54, 1.807) is 12.2 Å². The van der Waals surface area contributed by atoms with Gasteiger partial charge in [0, 0.05) is 5.56 Å². The fraction of sp³-hybridized carbons (Fsp3) is 0.632. The third kappa shape index (κ3) is 4.87. The highest BCUT2D eigenvalue weighted by atomic mass is 17.0. The van der Waals surface area contributed by atoms with Crippen LogP contribution in [0.2, 0.25) is 0 Å². The summed E-state index contributed by atoms with van der Waals surface area (Å²) < 4.78 is 0. The molecule has 4 nitrogen and oxygen atoms in total. The fourth-order valence-corrected chi connectivity index (χ4v) is 2.72. The zero-order valence-corrected chi connectivity index (χ0v) is 15.4. The van der Waals surface area contributed by atoms with Crippen molar-refractivity contribution >= 4 is 5.78 Å². The molecule has 1 unspecified atom stereocenters. The molecule has 128 valence electrons. The predicted molar refractivity (Wildman–Crippen MR) is 91.0 cm³/mol. The Kier molecular flexibility index (Phi) is 5.00. The van der Waals surface area contributed by atoms with Gasteiger partial charge in [-0.3, -0.25) is 14.5 Å². The minimum atomic E-state index is -0.340. The third-order valence-electron chi connectivity index (χ3n) is 3.58. The first-order valence-corrected chi connectivity index (χ1v) is 8.27. The van der Waals surface area contributed by atoms with E-state index in [4.69, 9.17) is 9.68 Å². The number of hydrogen-bond donors (Lipinski definition) is 0. The molecule has 0 aliphatic heterocycles. The highest BCUT2D eigenvalue weighted by Crippen LogP contribution is 2.38. The predicted octanol–water partition coefficient (Wildman–Crippen LogP) is 4.64. The molecule has 23 heavy (non-hydrogen) atoms. The van der Waals surface area contributed by atoms with Crippen LogP contribution in [0.4, 0.5) is 0 Å². The van der Waals surface area contributed by atoms with Gasteiger partial charge in [-0.15, -0.1) is 0 Å². The van der Waals surface area contributed by atoms with E-state index in [0.717, 1.165) is 18.4 Å². The van der Waals surface area contributed by atoms with E-state index in [-0.39, 0.29) is 23.0 Å². The zero-order chi connectivity index (χ0) is 17.4. The van der Waals surface area contributed by atoms with Crippen LogP contribution in [-0.2, 0) is 16.1 Å². The first kappa shape index (κ1) is 18.1. The average Bonchev–Trinajstić information content (AvgIpc) is 2.77. The van der Waals surface area contributed by atoms with E-state index in [2.05, 4.69) is 0 Å². The van der Waals surface area contributed by atoms with Gasteiger partial charge in [0.15, 0.2) is 5.78 Å². The van der Waals surface area contributed by atoms with E-state index < -0.39 is 0 Å². The van der Waals surface area contributed by atoms with E-state index in [1.807, 2.05) is 59.7 Å². The molecular weight excluding hydrogens is 290 g/mol. The summed E-state index contributed by atoms with van der Waals surface area (Å²) in [5.74, 6) is 0.102. The van der Waals surface area contributed by atoms with Crippen molar-refractivity contribution in [3.05, 3.63) is 34.9 Å². The summed E-state index contributed by atoms with van der Waals surface area (Å²) in [4.78, 5) is 23.7. The number of rotatable bonds is 4. The first-order chi connectivity index (χ1) is 10.5. The SMILES string of the molecule is CC(=O)c1ccc2c(c1)CCC2N(OC(C)(C)C)OC(C)(C)C. The summed E-state index contributed by atoms with van der Waals surface area (Å²) in [6.07, 6.45) is 1.85. The van der Waals surface area contributed by atoms with Crippen LogP contribution in [0, 0.1) is 0 Å². The van der Waals surface area contributed by atoms with Gasteiger partial charge in [0.1, 0.15) is 0 Å². The molecule has 0 aromatic heterocycles. The van der Waals surface area contributed by atoms with Crippen molar-refractivity contribution in [2.24, 2.45) is 0 Å². The molecule has 2 rings (SSSR count). The highest BCUT2D eigenvalue weighted by Gasteiger charge is 2.35. The van der Waals surface area contributed by atoms with E-state index >= 15 is 0 Å². The van der Waals surface area contributed by atoms with Crippen LogP contribution in [-0.4, -0.2) is 22.2 Å². The molecule has 0 spiro atoms. The Bertz CT molecular complexity index is 565. The van der Waals surface area contributed by atoms with Gasteiger partial charge in [0.25, 0.3) is 0 Å². The second kappa shape index (κ2) is 6.34. The first-order valence-electron chi connectivity index (χ1n) is 8.27. The van der Waals surface area contributed by atoms with Gasteiger partial charge in [0.2, 0.25) is 0 Å². The summed E-state index contributed by atoms with van der Waals surface area (Å²) in [6.45, 7) is 13.7. The number of aryl methyl sites for hydroxylation is 1. The van der Waals surface area contributed by atoms with E-state index in [0.29, 0.717) is 0 Å². The van der Waals surface area contributed by atoms with Gasteiger partial charge in [0.05, 0.1) is 17.2 Å². The summed E-state index contributed by atoms with van der Waals surface area (Å²) in [5, 5.41) is 1.67. The average molecular weight is 319 g/mol. The molecule has 0 bridgehead atoms. The Hall–Kier alpha value is -1.23. The van der Waals surface area contributed by atoms with Gasteiger partial charge in [-0.05, 0) is 78.5 Å². The van der Waals surface area contributed by atoms with Crippen molar-refractivity contribution in [1.29, 1.82) is 0 Å². The second-order valence-corrected chi connectivity index (χ2v) is 8.22. The Morgan fingerprint density at radius 2 is 1.65 bits per heavy atom. The van der Waals surface area contributed by atoms with Crippen LogP contribution in [0.1, 0.15) is 82.4 Å². The number of carbonyl (C=O) groups excluding carboxylic acids is 1. The summed E-state index contributed by atoms with van der Waals surface area (Å²) in [6, 6.07) is 5.98. The lowest BCUT2D eigenvalue weighted by atomic mass is 10.0. The van der Waals surface area contributed by atoms with Crippen molar-refractivity contribution < 1.29 is 14.5 Å². The van der Waals surface area contributed by atoms with Gasteiger partial charge in [-0.25, -0.2) is 0 Å². The molecule has 1 atom stereocenters. The number of Topliss-reactive ketones (excluding diaryl/α,β-unsaturated/α-hetero) is 1. The van der Waals surface area contributed by atoms with Gasteiger partial charge < -0.3 is 0 Å². The summed E-state index contributed by atoms with van der Waals surface area (Å²) >= 11 is 0. The molecule has 0 heterocycles. The van der Waals surface area contributed by atoms with Crippen molar-refractivity contribution in [3.63, 3.8) is 0 Å². The van der Waals surface area contributed by atoms with Gasteiger partial charge in [-0.1, -0.05) is 17.4 Å². The molecule has 1 aliphatic rings. The smallest absolute Gasteiger partial charge is 0.159 e. The standard InChI is InChI=1S/C19H29NO3/c1-13(21)14-8-10-16-15(12-14)9-11-17(16)20(22-18(2,3)4)23-19(5,6)7/h8,10,12,17H,9,11H2,1-7H3. The van der Waals surface area contributed by atoms with Crippen LogP contribution in [0.3, 0.4) is 0 Å². The lowest BCUT2D eigenvalue weighted by Crippen LogP contribution is -2.41. The lowest BCUT2D eigenvalue weighted by Gasteiger charge is -2.37. The number of carbonyl (C=O) groups is 1. The largest absolute Gasteiger partial charge is 0.295 e. The molecule has 1 aromatic rings. The topological polar surface area (TPSA) is 38.8 Å². The Balaban J connectivity index is 2.30. The monoisotopic (exact) mass is 319 g/mol. The molecule has 0 N–H and O–H groups in total. The Labute approximate surface area is 139 Å². The van der Waals surface area contributed by atoms with Crippen LogP contribution in [0.5, 0.6) is 0 Å². The maximum absolute atomic E-state index is 11.6. The second-order valence-electron chi connectivity index (χ2n) is 8.22. The zero-order valence-electron chi connectivity index (χ0n) is 15.4. The number of hydrogen-bond acceptors (Lipinski definition) is 4. The Morgan fingerprint density at radius 3 is 2.13 bits per heavy atom. The molecule has 1 aromatic carbocycles. The molecule has 0 radical (unpaired) electrons. The maximum Gasteiger partial charge on any atom is 0.159 e. The van der Waals surface area contributed by atoms with Gasteiger partial charge >= 0.3 is 0 Å². The molecule has 0 fully saturated rings.